The first-order chi connectivity index (χ1) is 38.5. The summed E-state index contributed by atoms with van der Waals surface area (Å²) in [6.45, 7) is 4.95. The van der Waals surface area contributed by atoms with Crippen LogP contribution in [0.4, 0.5) is 0 Å². The molecule has 0 aliphatic heterocycles. The average Bonchev–Trinajstić information content (AvgIpc) is 3.44. The van der Waals surface area contributed by atoms with E-state index in [4.69, 9.17) is 4.74 Å². The Bertz CT molecular complexity index is 1260. The normalized spacial score (nSPS) is 12.7. The van der Waals surface area contributed by atoms with E-state index in [1.165, 1.54) is 302 Å². The number of carbonyl (C=O) groups excluding carboxylic acids is 2. The zero-order valence-corrected chi connectivity index (χ0v) is 52.7. The Morgan fingerprint density at radius 1 is 0.359 bits per heavy atom. The van der Waals surface area contributed by atoms with Gasteiger partial charge in [-0.1, -0.05) is 326 Å². The molecule has 6 nitrogen and oxygen atoms in total. The van der Waals surface area contributed by atoms with Gasteiger partial charge in [0, 0.05) is 12.8 Å². The molecule has 0 fully saturated rings. The number of esters is 1. The molecule has 0 aromatic carbocycles. The largest absolute Gasteiger partial charge is 0.466 e. The number of hydrogen-bond donors (Lipinski definition) is 3. The van der Waals surface area contributed by atoms with E-state index in [0.29, 0.717) is 25.9 Å². The van der Waals surface area contributed by atoms with E-state index in [1.54, 1.807) is 0 Å². The quantitative estimate of drug-likeness (QED) is 0.0320. The van der Waals surface area contributed by atoms with Crippen LogP contribution in [0.15, 0.2) is 36.5 Å². The van der Waals surface area contributed by atoms with Gasteiger partial charge in [-0.25, -0.2) is 0 Å². The molecule has 2 unspecified atom stereocenters. The second kappa shape index (κ2) is 67.6. The first-order valence-corrected chi connectivity index (χ1v) is 35.2. The smallest absolute Gasteiger partial charge is 0.305 e. The molecule has 0 aromatic heterocycles. The molecule has 0 rings (SSSR count). The summed E-state index contributed by atoms with van der Waals surface area (Å²) in [5.41, 5.74) is 0. The van der Waals surface area contributed by atoms with Gasteiger partial charge in [-0.15, -0.1) is 0 Å². The van der Waals surface area contributed by atoms with Crippen LogP contribution in [0.5, 0.6) is 0 Å². The van der Waals surface area contributed by atoms with Crippen LogP contribution in [-0.4, -0.2) is 47.4 Å². The predicted molar refractivity (Wildman–Crippen MR) is 343 cm³/mol. The van der Waals surface area contributed by atoms with Crippen LogP contribution >= 0.6 is 0 Å². The van der Waals surface area contributed by atoms with E-state index >= 15 is 0 Å². The molecular formula is C72H137NO5. The monoisotopic (exact) mass is 1100 g/mol. The Balaban J connectivity index is 3.44. The number of hydrogen-bond acceptors (Lipinski definition) is 5. The third-order valence-electron chi connectivity index (χ3n) is 16.4. The van der Waals surface area contributed by atoms with Gasteiger partial charge in [0.2, 0.25) is 5.91 Å². The van der Waals surface area contributed by atoms with Crippen molar-refractivity contribution in [3.63, 3.8) is 0 Å². The summed E-state index contributed by atoms with van der Waals surface area (Å²) in [5.74, 6) is -0.0376. The second-order valence-electron chi connectivity index (χ2n) is 24.2. The summed E-state index contributed by atoms with van der Waals surface area (Å²) < 4.78 is 5.47. The lowest BCUT2D eigenvalue weighted by Gasteiger charge is -2.22. The highest BCUT2D eigenvalue weighted by molar-refractivity contribution is 5.76. The molecule has 0 aliphatic rings. The molecular weight excluding hydrogens is 959 g/mol. The van der Waals surface area contributed by atoms with Crippen molar-refractivity contribution < 1.29 is 24.5 Å². The van der Waals surface area contributed by atoms with Crippen molar-refractivity contribution in [2.75, 3.05) is 13.2 Å². The fraction of sp³-hybridized carbons (Fsp3) is 0.889. The van der Waals surface area contributed by atoms with E-state index in [2.05, 4.69) is 55.6 Å². The molecule has 0 saturated carbocycles. The first-order valence-electron chi connectivity index (χ1n) is 35.2. The minimum Gasteiger partial charge on any atom is -0.466 e. The molecule has 0 heterocycles. The molecule has 0 saturated heterocycles. The Labute approximate surface area is 487 Å². The Kier molecular flexibility index (Phi) is 65.9. The van der Waals surface area contributed by atoms with Crippen molar-refractivity contribution in [2.45, 2.75) is 398 Å². The lowest BCUT2D eigenvalue weighted by atomic mass is 10.0. The van der Waals surface area contributed by atoms with Crippen LogP contribution < -0.4 is 5.32 Å². The van der Waals surface area contributed by atoms with Gasteiger partial charge in [-0.2, -0.15) is 0 Å². The number of rotatable bonds is 66. The molecule has 1 amide bonds. The summed E-state index contributed by atoms with van der Waals surface area (Å²) in [4.78, 5) is 24.6. The highest BCUT2D eigenvalue weighted by Crippen LogP contribution is 2.19. The van der Waals surface area contributed by atoms with Gasteiger partial charge in [0.05, 0.1) is 25.4 Å². The Morgan fingerprint density at radius 3 is 1.01 bits per heavy atom. The van der Waals surface area contributed by atoms with Gasteiger partial charge in [0.1, 0.15) is 0 Å². The number of unbranched alkanes of at least 4 members (excludes halogenated alkanes) is 49. The second-order valence-corrected chi connectivity index (χ2v) is 24.2. The topological polar surface area (TPSA) is 95.9 Å². The van der Waals surface area contributed by atoms with Crippen molar-refractivity contribution in [3.05, 3.63) is 36.5 Å². The van der Waals surface area contributed by atoms with E-state index in [0.717, 1.165) is 51.4 Å². The van der Waals surface area contributed by atoms with Gasteiger partial charge in [0.25, 0.3) is 0 Å². The van der Waals surface area contributed by atoms with Crippen LogP contribution in [0.25, 0.3) is 0 Å². The molecule has 78 heavy (non-hydrogen) atoms. The number of amides is 1. The van der Waals surface area contributed by atoms with Crippen molar-refractivity contribution >= 4 is 11.9 Å². The van der Waals surface area contributed by atoms with Crippen molar-refractivity contribution in [2.24, 2.45) is 0 Å². The molecule has 460 valence electrons. The number of aliphatic hydroxyl groups is 2. The number of aliphatic hydroxyl groups excluding tert-OH is 2. The van der Waals surface area contributed by atoms with E-state index in [-0.39, 0.29) is 18.5 Å². The maximum absolute atomic E-state index is 12.6. The van der Waals surface area contributed by atoms with E-state index in [9.17, 15) is 19.8 Å². The van der Waals surface area contributed by atoms with Crippen molar-refractivity contribution in [1.29, 1.82) is 0 Å². The summed E-state index contributed by atoms with van der Waals surface area (Å²) >= 11 is 0. The van der Waals surface area contributed by atoms with Gasteiger partial charge in [0.15, 0.2) is 0 Å². The number of ether oxygens (including phenoxy) is 1. The SMILES string of the molecule is CCCCC/C=C\CCCCCCCC(=O)OCCCCCCCCCCC/C=C\C/C=C\CCCCCCCCCCCC(=O)NC(CO)C(O)CCCCCCCCCCCCCCCCCCCCCCCCCC. The van der Waals surface area contributed by atoms with Gasteiger partial charge in [-0.3, -0.25) is 9.59 Å². The van der Waals surface area contributed by atoms with Crippen LogP contribution in [0.3, 0.4) is 0 Å². The van der Waals surface area contributed by atoms with Gasteiger partial charge in [-0.05, 0) is 83.5 Å². The molecule has 0 spiro atoms. The molecule has 0 radical (unpaired) electrons. The minimum absolute atomic E-state index is 0.000628. The summed E-state index contributed by atoms with van der Waals surface area (Å²) in [7, 11) is 0. The highest BCUT2D eigenvalue weighted by Gasteiger charge is 2.20. The standard InChI is InChI=1S/C72H137NO5/c1-3-5-7-9-11-13-15-17-18-19-20-21-22-26-29-32-35-38-41-44-48-52-56-60-64-70(75)69(68-74)73-71(76)65-61-57-53-49-45-42-39-36-33-30-27-24-23-25-28-31-34-37-40-43-47-51-55-59-63-67-78-72(77)66-62-58-54-50-46-16-14-12-10-8-6-4-2/h12,14,24-25,27-28,69-70,74-75H,3-11,13,15-23,26,29-68H2,1-2H3,(H,73,76)/b14-12-,27-24-,28-25-. The maximum atomic E-state index is 12.6. The molecule has 0 aromatic rings. The minimum atomic E-state index is -0.670. The van der Waals surface area contributed by atoms with Crippen molar-refractivity contribution in [1.82, 2.24) is 5.32 Å². The van der Waals surface area contributed by atoms with Gasteiger partial charge >= 0.3 is 5.97 Å². The Hall–Kier alpha value is -1.92. The third-order valence-corrected chi connectivity index (χ3v) is 16.4. The summed E-state index contributed by atoms with van der Waals surface area (Å²) in [6.07, 6.45) is 86.2. The molecule has 3 N–H and O–H groups in total. The lowest BCUT2D eigenvalue weighted by molar-refractivity contribution is -0.143. The first kappa shape index (κ1) is 76.1. The molecule has 6 heteroatoms. The Morgan fingerprint density at radius 2 is 0.641 bits per heavy atom. The van der Waals surface area contributed by atoms with Crippen molar-refractivity contribution in [3.8, 4) is 0 Å². The zero-order chi connectivity index (χ0) is 56.4. The maximum Gasteiger partial charge on any atom is 0.305 e. The summed E-state index contributed by atoms with van der Waals surface area (Å²) in [6, 6.07) is -0.548. The van der Waals surface area contributed by atoms with E-state index < -0.39 is 12.1 Å². The lowest BCUT2D eigenvalue weighted by Crippen LogP contribution is -2.45. The fourth-order valence-corrected chi connectivity index (χ4v) is 11.0. The predicted octanol–water partition coefficient (Wildman–Crippen LogP) is 22.7. The molecule has 0 aliphatic carbocycles. The number of carbonyl (C=O) groups is 2. The van der Waals surface area contributed by atoms with Crippen LogP contribution in [0.1, 0.15) is 386 Å². The van der Waals surface area contributed by atoms with E-state index in [1.807, 2.05) is 0 Å². The summed E-state index contributed by atoms with van der Waals surface area (Å²) in [5, 5.41) is 23.4. The van der Waals surface area contributed by atoms with Gasteiger partial charge < -0.3 is 20.3 Å². The fourth-order valence-electron chi connectivity index (χ4n) is 11.0. The van der Waals surface area contributed by atoms with Crippen LogP contribution in [0, 0.1) is 0 Å². The molecule has 0 bridgehead atoms. The third kappa shape index (κ3) is 63.3. The number of nitrogens with one attached hydrogen (secondary N) is 1. The average molecular weight is 1100 g/mol. The van der Waals surface area contributed by atoms with Crippen LogP contribution in [0.2, 0.25) is 0 Å². The van der Waals surface area contributed by atoms with Crippen LogP contribution in [-0.2, 0) is 14.3 Å². The molecule has 2 atom stereocenters. The highest BCUT2D eigenvalue weighted by atomic mass is 16.5. The number of allylic oxidation sites excluding steroid dienone is 6. The zero-order valence-electron chi connectivity index (χ0n) is 52.7.